The van der Waals surface area contributed by atoms with Crippen LogP contribution in [0.1, 0.15) is 44.2 Å². The minimum absolute atomic E-state index is 0.103. The van der Waals surface area contributed by atoms with Crippen LogP contribution < -0.4 is 20.1 Å². The Morgan fingerprint density at radius 2 is 2.00 bits per heavy atom. The molecule has 0 saturated heterocycles. The zero-order chi connectivity index (χ0) is 20.4. The maximum Gasteiger partial charge on any atom is 0.211 e. The Morgan fingerprint density at radius 3 is 2.68 bits per heavy atom. The molecule has 158 valence electrons. The number of nitrogens with one attached hydrogen (secondary N) is 3. The largest absolute Gasteiger partial charge is 0.493 e. The average molecular weight is 411 g/mol. The van der Waals surface area contributed by atoms with E-state index >= 15 is 0 Å². The molecule has 0 aromatic heterocycles. The van der Waals surface area contributed by atoms with E-state index < -0.39 is 10.0 Å². The van der Waals surface area contributed by atoms with Crippen molar-refractivity contribution in [2.24, 2.45) is 10.9 Å². The van der Waals surface area contributed by atoms with Crippen LogP contribution in [0.25, 0.3) is 0 Å². The predicted molar refractivity (Wildman–Crippen MR) is 114 cm³/mol. The molecule has 7 nitrogen and oxygen atoms in total. The van der Waals surface area contributed by atoms with Crippen LogP contribution in [0.3, 0.4) is 0 Å². The molecule has 0 heterocycles. The summed E-state index contributed by atoms with van der Waals surface area (Å²) in [7, 11) is -3.13. The first-order chi connectivity index (χ1) is 13.4. The maximum atomic E-state index is 11.4. The van der Waals surface area contributed by atoms with Gasteiger partial charge in [0.05, 0.1) is 18.9 Å². The highest BCUT2D eigenvalue weighted by molar-refractivity contribution is 7.89. The first-order valence-corrected chi connectivity index (χ1v) is 11.8. The van der Waals surface area contributed by atoms with Gasteiger partial charge in [-0.3, -0.25) is 0 Å². The minimum Gasteiger partial charge on any atom is -0.493 e. The number of aliphatic imine (C=N–C) groups is 1. The lowest BCUT2D eigenvalue weighted by Gasteiger charge is -2.14. The van der Waals surface area contributed by atoms with Crippen LogP contribution in [0.5, 0.6) is 5.75 Å². The zero-order valence-electron chi connectivity index (χ0n) is 17.3. The molecule has 3 N–H and O–H groups in total. The summed E-state index contributed by atoms with van der Waals surface area (Å²) in [6.45, 7) is 8.83. The van der Waals surface area contributed by atoms with Gasteiger partial charge in [0.1, 0.15) is 5.75 Å². The molecule has 1 aromatic rings. The van der Waals surface area contributed by atoms with Gasteiger partial charge in [-0.05, 0) is 57.6 Å². The van der Waals surface area contributed by atoms with Crippen molar-refractivity contribution in [3.05, 3.63) is 29.3 Å². The lowest BCUT2D eigenvalue weighted by molar-refractivity contribution is 0.296. The smallest absolute Gasteiger partial charge is 0.211 e. The van der Waals surface area contributed by atoms with Crippen molar-refractivity contribution >= 4 is 16.0 Å². The summed E-state index contributed by atoms with van der Waals surface area (Å²) >= 11 is 0. The van der Waals surface area contributed by atoms with E-state index in [2.05, 4.69) is 45.5 Å². The van der Waals surface area contributed by atoms with E-state index in [1.165, 1.54) is 18.4 Å². The van der Waals surface area contributed by atoms with Gasteiger partial charge in [0.25, 0.3) is 0 Å². The summed E-state index contributed by atoms with van der Waals surface area (Å²) in [6, 6.07) is 6.23. The minimum atomic E-state index is -3.13. The van der Waals surface area contributed by atoms with E-state index in [0.29, 0.717) is 32.0 Å². The Hall–Kier alpha value is -1.80. The molecule has 0 amide bonds. The highest BCUT2D eigenvalue weighted by atomic mass is 32.2. The molecule has 1 aromatic carbocycles. The van der Waals surface area contributed by atoms with E-state index in [9.17, 15) is 8.42 Å². The van der Waals surface area contributed by atoms with Gasteiger partial charge in [-0.1, -0.05) is 12.1 Å². The topological polar surface area (TPSA) is 91.8 Å². The second-order valence-corrected chi connectivity index (χ2v) is 9.23. The second-order valence-electron chi connectivity index (χ2n) is 7.14. The lowest BCUT2D eigenvalue weighted by atomic mass is 10.1. The van der Waals surface area contributed by atoms with Crippen molar-refractivity contribution < 1.29 is 13.2 Å². The van der Waals surface area contributed by atoms with Crippen LogP contribution in [0, 0.1) is 12.8 Å². The molecule has 0 bridgehead atoms. The van der Waals surface area contributed by atoms with Crippen LogP contribution >= 0.6 is 0 Å². The molecule has 1 fully saturated rings. The number of hydrogen-bond acceptors (Lipinski definition) is 4. The third-order valence-corrected chi connectivity index (χ3v) is 5.90. The number of guanidine groups is 1. The number of nitrogens with zero attached hydrogens (tertiary/aromatic N) is 1. The molecule has 0 spiro atoms. The molecule has 1 saturated carbocycles. The third-order valence-electron chi connectivity index (χ3n) is 4.49. The summed E-state index contributed by atoms with van der Waals surface area (Å²) in [5.74, 6) is 2.45. The van der Waals surface area contributed by atoms with Gasteiger partial charge in [0.2, 0.25) is 10.0 Å². The SMILES string of the molecule is CCNC(=NCc1ccc(C)cc1OCC1CC1)NCCCNS(=O)(=O)CC. The van der Waals surface area contributed by atoms with E-state index in [1.807, 2.05) is 6.92 Å². The van der Waals surface area contributed by atoms with Crippen LogP contribution in [-0.2, 0) is 16.6 Å². The summed E-state index contributed by atoms with van der Waals surface area (Å²) in [5.41, 5.74) is 2.25. The number of ether oxygens (including phenoxy) is 1. The number of rotatable bonds is 12. The molecule has 8 heteroatoms. The monoisotopic (exact) mass is 410 g/mol. The number of benzene rings is 1. The Kier molecular flexibility index (Phi) is 9.05. The van der Waals surface area contributed by atoms with E-state index in [1.54, 1.807) is 6.92 Å². The highest BCUT2D eigenvalue weighted by Gasteiger charge is 2.22. The van der Waals surface area contributed by atoms with Crippen molar-refractivity contribution in [1.29, 1.82) is 0 Å². The van der Waals surface area contributed by atoms with Crippen LogP contribution in [0.2, 0.25) is 0 Å². The van der Waals surface area contributed by atoms with Crippen molar-refractivity contribution in [1.82, 2.24) is 15.4 Å². The number of sulfonamides is 1. The molecule has 1 aliphatic rings. The fourth-order valence-corrected chi connectivity index (χ4v) is 3.21. The quantitative estimate of drug-likeness (QED) is 0.279. The van der Waals surface area contributed by atoms with Crippen LogP contribution in [0.4, 0.5) is 0 Å². The Morgan fingerprint density at radius 1 is 1.21 bits per heavy atom. The molecule has 0 aliphatic heterocycles. The Bertz CT molecular complexity index is 746. The Labute approximate surface area is 169 Å². The summed E-state index contributed by atoms with van der Waals surface area (Å²) in [6.07, 6.45) is 3.22. The molecular formula is C20H34N4O3S. The summed E-state index contributed by atoms with van der Waals surface area (Å²) in [5, 5.41) is 6.47. The fraction of sp³-hybridized carbons (Fsp3) is 0.650. The predicted octanol–water partition coefficient (Wildman–Crippen LogP) is 2.17. The standard InChI is InChI=1S/C20H34N4O3S/c1-4-21-20(22-11-6-12-24-28(25,26)5-2)23-14-18-10-7-16(3)13-19(18)27-15-17-8-9-17/h7,10,13,17,24H,4-6,8-9,11-12,14-15H2,1-3H3,(H2,21,22,23). The molecule has 0 radical (unpaired) electrons. The maximum absolute atomic E-state index is 11.4. The van der Waals surface area contributed by atoms with Gasteiger partial charge < -0.3 is 15.4 Å². The van der Waals surface area contributed by atoms with Gasteiger partial charge in [-0.25, -0.2) is 18.1 Å². The number of hydrogen-bond donors (Lipinski definition) is 3. The summed E-state index contributed by atoms with van der Waals surface area (Å²) < 4.78 is 31.5. The zero-order valence-corrected chi connectivity index (χ0v) is 18.1. The van der Waals surface area contributed by atoms with Gasteiger partial charge in [0.15, 0.2) is 5.96 Å². The van der Waals surface area contributed by atoms with Crippen molar-refractivity contribution in [3.63, 3.8) is 0 Å². The Balaban J connectivity index is 1.87. The summed E-state index contributed by atoms with van der Waals surface area (Å²) in [4.78, 5) is 4.66. The van der Waals surface area contributed by atoms with E-state index in [-0.39, 0.29) is 5.75 Å². The molecule has 1 aliphatic carbocycles. The first kappa shape index (κ1) is 22.5. The van der Waals surface area contributed by atoms with Gasteiger partial charge in [0, 0.05) is 25.2 Å². The van der Waals surface area contributed by atoms with Gasteiger partial charge in [-0.15, -0.1) is 0 Å². The molecule has 0 atom stereocenters. The molecule has 0 unspecified atom stereocenters. The highest BCUT2D eigenvalue weighted by Crippen LogP contribution is 2.30. The lowest BCUT2D eigenvalue weighted by Crippen LogP contribution is -2.38. The second kappa shape index (κ2) is 11.3. The number of aryl methyl sites for hydroxylation is 1. The van der Waals surface area contributed by atoms with E-state index in [0.717, 1.165) is 30.4 Å². The van der Waals surface area contributed by atoms with Crippen molar-refractivity contribution in [3.8, 4) is 5.75 Å². The molecule has 28 heavy (non-hydrogen) atoms. The van der Waals surface area contributed by atoms with Crippen molar-refractivity contribution in [2.75, 3.05) is 32.0 Å². The molecular weight excluding hydrogens is 376 g/mol. The molecule has 2 rings (SSSR count). The van der Waals surface area contributed by atoms with Crippen molar-refractivity contribution in [2.45, 2.75) is 46.6 Å². The van der Waals surface area contributed by atoms with Gasteiger partial charge in [-0.2, -0.15) is 0 Å². The first-order valence-electron chi connectivity index (χ1n) is 10.1. The van der Waals surface area contributed by atoms with Gasteiger partial charge >= 0.3 is 0 Å². The average Bonchev–Trinajstić information content (AvgIpc) is 3.49. The van der Waals surface area contributed by atoms with Crippen LogP contribution in [-0.4, -0.2) is 46.4 Å². The third kappa shape index (κ3) is 8.48. The fourth-order valence-electron chi connectivity index (χ4n) is 2.55. The van der Waals surface area contributed by atoms with E-state index in [4.69, 9.17) is 4.74 Å². The van der Waals surface area contributed by atoms with Crippen LogP contribution in [0.15, 0.2) is 23.2 Å². The normalized spacial score (nSPS) is 14.8.